The molecule has 1 aliphatic rings. The van der Waals surface area contributed by atoms with Crippen molar-refractivity contribution >= 4 is 51.2 Å². The highest BCUT2D eigenvalue weighted by Gasteiger charge is 2.30. The number of carbonyl (C=O) groups excluding carboxylic acids is 2. The lowest BCUT2D eigenvalue weighted by atomic mass is 9.92. The summed E-state index contributed by atoms with van der Waals surface area (Å²) < 4.78 is 30.5. The van der Waals surface area contributed by atoms with Crippen LogP contribution in [0, 0.1) is 12.7 Å². The maximum Gasteiger partial charge on any atom is 0.276 e. The summed E-state index contributed by atoms with van der Waals surface area (Å²) in [5, 5.41) is 6.57. The van der Waals surface area contributed by atoms with Crippen LogP contribution in [0.3, 0.4) is 0 Å². The van der Waals surface area contributed by atoms with Gasteiger partial charge in [0.2, 0.25) is 13.2 Å². The molecule has 0 fully saturated rings. The molecule has 1 aliphatic heterocycles. The molecule has 10 heteroatoms. The standard InChI is InChI=1S/C24H17ClFN3O4S/c1-12-20(21(27-10-30)15-8-13(26)6-7-16(15)25)17(9-18-23(12)33-11-32-18)28-24(31)22-14-4-2-3-5-19(14)34-29-22/h2-10,21H,11H2,1H3,(H,27,30)(H,28,31). The minimum absolute atomic E-state index is 0.0102. The molecule has 4 aromatic rings. The van der Waals surface area contributed by atoms with Crippen molar-refractivity contribution in [1.82, 2.24) is 9.69 Å². The number of aromatic nitrogens is 1. The van der Waals surface area contributed by atoms with Crippen LogP contribution >= 0.6 is 23.1 Å². The number of halogens is 2. The molecule has 7 nitrogen and oxygen atoms in total. The molecule has 2 N–H and O–H groups in total. The lowest BCUT2D eigenvalue weighted by molar-refractivity contribution is -0.110. The fourth-order valence-electron chi connectivity index (χ4n) is 4.06. The van der Waals surface area contributed by atoms with Gasteiger partial charge >= 0.3 is 0 Å². The highest BCUT2D eigenvalue weighted by molar-refractivity contribution is 7.13. The van der Waals surface area contributed by atoms with Gasteiger partial charge in [-0.15, -0.1) is 0 Å². The highest BCUT2D eigenvalue weighted by Crippen LogP contribution is 2.45. The molecule has 2 heterocycles. The summed E-state index contributed by atoms with van der Waals surface area (Å²) >= 11 is 7.60. The van der Waals surface area contributed by atoms with Crippen LogP contribution in [0.15, 0.2) is 48.5 Å². The Kier molecular flexibility index (Phi) is 5.80. The van der Waals surface area contributed by atoms with Crippen molar-refractivity contribution in [2.24, 2.45) is 0 Å². The summed E-state index contributed by atoms with van der Waals surface area (Å²) in [6.07, 6.45) is 0.496. The van der Waals surface area contributed by atoms with Crippen molar-refractivity contribution in [2.45, 2.75) is 13.0 Å². The fraction of sp³-hybridized carbons (Fsp3) is 0.125. The lowest BCUT2D eigenvalue weighted by Crippen LogP contribution is -2.25. The Hall–Kier alpha value is -3.69. The molecule has 1 unspecified atom stereocenters. The summed E-state index contributed by atoms with van der Waals surface area (Å²) in [5.41, 5.74) is 2.03. The Morgan fingerprint density at radius 1 is 1.24 bits per heavy atom. The summed E-state index contributed by atoms with van der Waals surface area (Å²) in [7, 11) is 0. The Morgan fingerprint density at radius 2 is 2.06 bits per heavy atom. The monoisotopic (exact) mass is 497 g/mol. The Morgan fingerprint density at radius 3 is 2.88 bits per heavy atom. The highest BCUT2D eigenvalue weighted by atomic mass is 35.5. The number of ether oxygens (including phenoxy) is 2. The van der Waals surface area contributed by atoms with Gasteiger partial charge in [-0.3, -0.25) is 9.59 Å². The molecule has 1 atom stereocenters. The van der Waals surface area contributed by atoms with Gasteiger partial charge in [-0.1, -0.05) is 29.8 Å². The number of rotatable bonds is 6. The molecule has 0 radical (unpaired) electrons. The van der Waals surface area contributed by atoms with E-state index in [-0.39, 0.29) is 17.5 Å². The van der Waals surface area contributed by atoms with E-state index in [4.69, 9.17) is 21.1 Å². The largest absolute Gasteiger partial charge is 0.454 e. The number of amides is 2. The Labute approximate surface area is 202 Å². The van der Waals surface area contributed by atoms with Gasteiger partial charge < -0.3 is 20.1 Å². The first-order chi connectivity index (χ1) is 16.5. The van der Waals surface area contributed by atoms with Gasteiger partial charge in [0, 0.05) is 33.2 Å². The second kappa shape index (κ2) is 8.92. The number of hydrogen-bond acceptors (Lipinski definition) is 6. The first-order valence-corrected chi connectivity index (χ1v) is 11.4. The predicted octanol–water partition coefficient (Wildman–Crippen LogP) is 5.21. The summed E-state index contributed by atoms with van der Waals surface area (Å²) in [5.74, 6) is -0.0469. The molecule has 0 saturated carbocycles. The van der Waals surface area contributed by atoms with E-state index in [1.54, 1.807) is 13.0 Å². The minimum atomic E-state index is -0.877. The van der Waals surface area contributed by atoms with Crippen LogP contribution < -0.4 is 20.1 Å². The van der Waals surface area contributed by atoms with E-state index < -0.39 is 17.8 Å². The maximum absolute atomic E-state index is 14.1. The first-order valence-electron chi connectivity index (χ1n) is 10.2. The SMILES string of the molecule is Cc1c2c(cc(NC(=O)c3nsc4ccccc34)c1C(NC=O)c1cc(F)ccc1Cl)OCO2. The van der Waals surface area contributed by atoms with Crippen LogP contribution in [0.1, 0.15) is 33.2 Å². The Balaban J connectivity index is 1.65. The average molecular weight is 498 g/mol. The summed E-state index contributed by atoms with van der Waals surface area (Å²) in [6, 6.07) is 12.0. The maximum atomic E-state index is 14.1. The zero-order valence-corrected chi connectivity index (χ0v) is 19.3. The van der Waals surface area contributed by atoms with Crippen LogP contribution in [0.25, 0.3) is 10.1 Å². The molecule has 172 valence electrons. The number of nitrogens with zero attached hydrogens (tertiary/aromatic N) is 1. The van der Waals surface area contributed by atoms with Crippen molar-refractivity contribution in [3.8, 4) is 11.5 Å². The molecule has 3 aromatic carbocycles. The third kappa shape index (κ3) is 3.82. The van der Waals surface area contributed by atoms with Crippen LogP contribution in [0.4, 0.5) is 10.1 Å². The number of carbonyl (C=O) groups is 2. The van der Waals surface area contributed by atoms with Gasteiger partial charge in [0.05, 0.1) is 16.4 Å². The van der Waals surface area contributed by atoms with Gasteiger partial charge in [-0.25, -0.2) is 4.39 Å². The molecule has 0 spiro atoms. The van der Waals surface area contributed by atoms with E-state index >= 15 is 0 Å². The fourth-order valence-corrected chi connectivity index (χ4v) is 5.06. The van der Waals surface area contributed by atoms with Crippen LogP contribution in [-0.4, -0.2) is 23.5 Å². The topological polar surface area (TPSA) is 89.6 Å². The molecule has 0 saturated heterocycles. The smallest absolute Gasteiger partial charge is 0.276 e. The zero-order chi connectivity index (χ0) is 23.8. The van der Waals surface area contributed by atoms with Crippen molar-refractivity contribution < 1.29 is 23.5 Å². The van der Waals surface area contributed by atoms with E-state index in [0.717, 1.165) is 10.1 Å². The second-order valence-corrected chi connectivity index (χ2v) is 8.77. The quantitative estimate of drug-likeness (QED) is 0.357. The van der Waals surface area contributed by atoms with Crippen LogP contribution in [0.2, 0.25) is 5.02 Å². The van der Waals surface area contributed by atoms with E-state index in [1.165, 1.54) is 29.7 Å². The van der Waals surface area contributed by atoms with Gasteiger partial charge in [0.15, 0.2) is 11.5 Å². The minimum Gasteiger partial charge on any atom is -0.454 e. The number of hydrogen-bond donors (Lipinski definition) is 2. The van der Waals surface area contributed by atoms with Crippen molar-refractivity contribution in [3.05, 3.63) is 81.8 Å². The van der Waals surface area contributed by atoms with Gasteiger partial charge in [0.25, 0.3) is 5.91 Å². The summed E-state index contributed by atoms with van der Waals surface area (Å²) in [4.78, 5) is 24.8. The van der Waals surface area contributed by atoms with Crippen LogP contribution in [-0.2, 0) is 4.79 Å². The van der Waals surface area contributed by atoms with E-state index in [1.807, 2.05) is 24.3 Å². The normalized spacial score (nSPS) is 13.0. The third-order valence-electron chi connectivity index (χ3n) is 5.58. The first kappa shape index (κ1) is 22.1. The van der Waals surface area contributed by atoms with Gasteiger partial charge in [0.1, 0.15) is 11.5 Å². The van der Waals surface area contributed by atoms with E-state index in [9.17, 15) is 14.0 Å². The second-order valence-electron chi connectivity index (χ2n) is 7.56. The predicted molar refractivity (Wildman–Crippen MR) is 127 cm³/mol. The number of anilines is 1. The number of benzene rings is 3. The molecule has 1 aromatic heterocycles. The average Bonchev–Trinajstić information content (AvgIpc) is 3.47. The van der Waals surface area contributed by atoms with Gasteiger partial charge in [-0.2, -0.15) is 4.37 Å². The van der Waals surface area contributed by atoms with Crippen molar-refractivity contribution in [2.75, 3.05) is 12.1 Å². The number of nitrogens with one attached hydrogen (secondary N) is 2. The zero-order valence-electron chi connectivity index (χ0n) is 17.7. The molecule has 0 aliphatic carbocycles. The van der Waals surface area contributed by atoms with E-state index in [2.05, 4.69) is 15.0 Å². The van der Waals surface area contributed by atoms with Crippen molar-refractivity contribution in [3.63, 3.8) is 0 Å². The molecular formula is C24H17ClFN3O4S. The molecular weight excluding hydrogens is 481 g/mol. The molecule has 34 heavy (non-hydrogen) atoms. The molecule has 2 amide bonds. The van der Waals surface area contributed by atoms with Gasteiger partial charge in [-0.05, 0) is 42.7 Å². The van der Waals surface area contributed by atoms with Crippen LogP contribution in [0.5, 0.6) is 11.5 Å². The number of fused-ring (bicyclic) bond motifs is 2. The molecule has 5 rings (SSSR count). The third-order valence-corrected chi connectivity index (χ3v) is 6.76. The lowest BCUT2D eigenvalue weighted by Gasteiger charge is -2.24. The summed E-state index contributed by atoms with van der Waals surface area (Å²) in [6.45, 7) is 1.78. The molecule has 0 bridgehead atoms. The van der Waals surface area contributed by atoms with E-state index in [0.29, 0.717) is 40.3 Å². The Bertz CT molecular complexity index is 1440. The van der Waals surface area contributed by atoms with Crippen molar-refractivity contribution in [1.29, 1.82) is 0 Å².